The average molecular weight is 618 g/mol. The predicted octanol–water partition coefficient (Wildman–Crippen LogP) is 6.45. The van der Waals surface area contributed by atoms with Crippen LogP contribution in [0.15, 0.2) is 61.1 Å². The standard InChI is InChI=1S/C37H39N5O4/c1-22-18-25-19-24(26-20-39-36(40-21-26)42-15-13-41(5)14-16-42)6-7-27(25)32(30(22)34(35(43)44)46-37(2,3)4)28-8-9-29-31-23(11-17-45-29)10-12-38-33(28)31/h6-10,12,18-21,34H,11,13-17H2,1-5H3,(H,43,44)/t34-/m0/s1. The fourth-order valence-electron chi connectivity index (χ4n) is 6.70. The van der Waals surface area contributed by atoms with E-state index in [1.165, 1.54) is 5.56 Å². The molecule has 4 heterocycles. The first-order valence-electron chi connectivity index (χ1n) is 15.8. The number of nitrogens with zero attached hydrogens (tertiary/aromatic N) is 5. The number of rotatable bonds is 6. The summed E-state index contributed by atoms with van der Waals surface area (Å²) >= 11 is 0. The van der Waals surface area contributed by atoms with Crippen molar-refractivity contribution in [2.24, 2.45) is 0 Å². The van der Waals surface area contributed by atoms with Crippen LogP contribution in [0.2, 0.25) is 0 Å². The zero-order valence-corrected chi connectivity index (χ0v) is 27.0. The number of likely N-dealkylation sites (N-methyl/N-ethyl adjacent to an activating group) is 1. The number of piperazine rings is 1. The number of aromatic nitrogens is 3. The Bertz CT molecular complexity index is 1950. The van der Waals surface area contributed by atoms with Gasteiger partial charge in [-0.25, -0.2) is 14.8 Å². The summed E-state index contributed by atoms with van der Waals surface area (Å²) in [5, 5.41) is 13.4. The van der Waals surface area contributed by atoms with E-state index in [9.17, 15) is 9.90 Å². The minimum atomic E-state index is -1.18. The van der Waals surface area contributed by atoms with Gasteiger partial charge in [-0.15, -0.1) is 0 Å². The summed E-state index contributed by atoms with van der Waals surface area (Å²) < 4.78 is 12.3. The Morgan fingerprint density at radius 3 is 2.46 bits per heavy atom. The third-order valence-electron chi connectivity index (χ3n) is 8.94. The molecule has 2 aliphatic heterocycles. The number of carboxylic acid groups (broad SMARTS) is 1. The number of hydrogen-bond acceptors (Lipinski definition) is 8. The van der Waals surface area contributed by atoms with E-state index in [-0.39, 0.29) is 0 Å². The summed E-state index contributed by atoms with van der Waals surface area (Å²) in [6.45, 7) is 12.0. The minimum absolute atomic E-state index is 0.618. The van der Waals surface area contributed by atoms with Crippen LogP contribution in [0.1, 0.15) is 43.6 Å². The number of carboxylic acids is 1. The van der Waals surface area contributed by atoms with Gasteiger partial charge in [0.15, 0.2) is 6.10 Å². The number of aryl methyl sites for hydroxylation is 1. The van der Waals surface area contributed by atoms with Gasteiger partial charge in [0.05, 0.1) is 17.7 Å². The second kappa shape index (κ2) is 11.6. The fourth-order valence-corrected chi connectivity index (χ4v) is 6.70. The zero-order chi connectivity index (χ0) is 32.2. The molecule has 46 heavy (non-hydrogen) atoms. The Balaban J connectivity index is 1.41. The molecule has 0 radical (unpaired) electrons. The van der Waals surface area contributed by atoms with Crippen molar-refractivity contribution in [1.29, 1.82) is 0 Å². The van der Waals surface area contributed by atoms with Crippen LogP contribution in [0, 0.1) is 6.92 Å². The third-order valence-corrected chi connectivity index (χ3v) is 8.94. The van der Waals surface area contributed by atoms with Gasteiger partial charge in [-0.3, -0.25) is 4.98 Å². The lowest BCUT2D eigenvalue weighted by molar-refractivity contribution is -0.160. The van der Waals surface area contributed by atoms with Gasteiger partial charge in [0.2, 0.25) is 5.95 Å². The molecule has 5 aromatic rings. The first-order chi connectivity index (χ1) is 22.1. The van der Waals surface area contributed by atoms with E-state index < -0.39 is 17.7 Å². The van der Waals surface area contributed by atoms with Gasteiger partial charge < -0.3 is 24.4 Å². The molecular formula is C37H39N5O4. The molecule has 0 amide bonds. The molecule has 0 saturated carbocycles. The smallest absolute Gasteiger partial charge is 0.337 e. The number of fused-ring (bicyclic) bond motifs is 1. The highest BCUT2D eigenvalue weighted by Crippen LogP contribution is 2.45. The lowest BCUT2D eigenvalue weighted by Gasteiger charge is -2.32. The molecular weight excluding hydrogens is 578 g/mol. The third kappa shape index (κ3) is 5.54. The van der Waals surface area contributed by atoms with Crippen LogP contribution in [-0.4, -0.2) is 76.4 Å². The molecule has 9 nitrogen and oxygen atoms in total. The van der Waals surface area contributed by atoms with Crippen LogP contribution in [-0.2, 0) is 16.0 Å². The Labute approximate surface area is 268 Å². The Kier molecular flexibility index (Phi) is 7.61. The molecule has 9 heteroatoms. The highest BCUT2D eigenvalue weighted by Gasteiger charge is 2.32. The van der Waals surface area contributed by atoms with Crippen molar-refractivity contribution in [3.63, 3.8) is 0 Å². The van der Waals surface area contributed by atoms with E-state index in [1.54, 1.807) is 0 Å². The van der Waals surface area contributed by atoms with Crippen LogP contribution in [0.25, 0.3) is 43.9 Å². The number of carbonyl (C=O) groups is 1. The van der Waals surface area contributed by atoms with Crippen LogP contribution >= 0.6 is 0 Å². The van der Waals surface area contributed by atoms with E-state index in [0.29, 0.717) is 12.2 Å². The highest BCUT2D eigenvalue weighted by atomic mass is 16.5. The lowest BCUT2D eigenvalue weighted by atomic mass is 9.85. The van der Waals surface area contributed by atoms with E-state index in [2.05, 4.69) is 41.1 Å². The van der Waals surface area contributed by atoms with Gasteiger partial charge in [0.1, 0.15) is 5.75 Å². The van der Waals surface area contributed by atoms with Gasteiger partial charge >= 0.3 is 5.97 Å². The molecule has 1 fully saturated rings. The van der Waals surface area contributed by atoms with Crippen molar-refractivity contribution in [2.45, 2.75) is 45.8 Å². The summed E-state index contributed by atoms with van der Waals surface area (Å²) in [5.74, 6) is 0.514. The van der Waals surface area contributed by atoms with Gasteiger partial charge in [-0.05, 0) is 92.0 Å². The average Bonchev–Trinajstić information content (AvgIpc) is 3.03. The fraction of sp³-hybridized carbons (Fsp3) is 0.351. The number of benzene rings is 3. The second-order valence-corrected chi connectivity index (χ2v) is 13.3. The van der Waals surface area contributed by atoms with Gasteiger partial charge in [0.25, 0.3) is 0 Å². The summed E-state index contributed by atoms with van der Waals surface area (Å²) in [6, 6.07) is 14.3. The SMILES string of the molecule is Cc1cc2cc(-c3cnc(N4CCN(C)CC4)nc3)ccc2c(-c2ccc3c4c(ccnc24)CCO3)c1[C@H](OC(C)(C)C)C(=O)O. The number of ether oxygens (including phenoxy) is 2. The predicted molar refractivity (Wildman–Crippen MR) is 181 cm³/mol. The van der Waals surface area contributed by atoms with E-state index in [0.717, 1.165) is 93.8 Å². The van der Waals surface area contributed by atoms with Crippen molar-refractivity contribution in [1.82, 2.24) is 19.9 Å². The molecule has 0 spiro atoms. The summed E-state index contributed by atoms with van der Waals surface area (Å²) in [4.78, 5) is 31.7. The number of aliphatic carboxylic acids is 1. The molecule has 0 aliphatic carbocycles. The van der Waals surface area contributed by atoms with Crippen LogP contribution < -0.4 is 9.64 Å². The van der Waals surface area contributed by atoms with Crippen LogP contribution in [0.5, 0.6) is 5.75 Å². The summed E-state index contributed by atoms with van der Waals surface area (Å²) in [5.41, 5.74) is 6.30. The molecule has 0 bridgehead atoms. The molecule has 0 unspecified atom stereocenters. The van der Waals surface area contributed by atoms with Crippen molar-refractivity contribution in [2.75, 3.05) is 44.7 Å². The molecule has 1 N–H and O–H groups in total. The molecule has 7 rings (SSSR count). The van der Waals surface area contributed by atoms with Gasteiger partial charge in [-0.2, -0.15) is 0 Å². The second-order valence-electron chi connectivity index (χ2n) is 13.3. The summed E-state index contributed by atoms with van der Waals surface area (Å²) in [6.07, 6.45) is 5.21. The van der Waals surface area contributed by atoms with E-state index in [1.807, 2.05) is 64.5 Å². The maximum atomic E-state index is 12.9. The highest BCUT2D eigenvalue weighted by molar-refractivity contribution is 6.09. The molecule has 2 aliphatic rings. The number of anilines is 1. The van der Waals surface area contributed by atoms with Crippen LogP contribution in [0.3, 0.4) is 0 Å². The first-order valence-corrected chi connectivity index (χ1v) is 15.8. The quantitative estimate of drug-likeness (QED) is 0.230. The van der Waals surface area contributed by atoms with Crippen LogP contribution in [0.4, 0.5) is 5.95 Å². The Morgan fingerprint density at radius 1 is 0.978 bits per heavy atom. The van der Waals surface area contributed by atoms with Crippen molar-refractivity contribution < 1.29 is 19.4 Å². The number of pyridine rings is 1. The van der Waals surface area contributed by atoms with Gasteiger partial charge in [-0.1, -0.05) is 18.2 Å². The Hall–Kier alpha value is -4.60. The molecule has 236 valence electrons. The maximum Gasteiger partial charge on any atom is 0.337 e. The first kappa shape index (κ1) is 30.1. The lowest BCUT2D eigenvalue weighted by Crippen LogP contribution is -2.45. The molecule has 1 saturated heterocycles. The van der Waals surface area contributed by atoms with E-state index >= 15 is 0 Å². The maximum absolute atomic E-state index is 12.9. The zero-order valence-electron chi connectivity index (χ0n) is 27.0. The van der Waals surface area contributed by atoms with E-state index in [4.69, 9.17) is 24.4 Å². The molecule has 1 atom stereocenters. The van der Waals surface area contributed by atoms with Crippen molar-refractivity contribution >= 4 is 33.6 Å². The topological polar surface area (TPSA) is 101 Å². The summed E-state index contributed by atoms with van der Waals surface area (Å²) in [7, 11) is 2.13. The molecule has 3 aromatic carbocycles. The monoisotopic (exact) mass is 617 g/mol. The van der Waals surface area contributed by atoms with Crippen molar-refractivity contribution in [3.05, 3.63) is 77.7 Å². The van der Waals surface area contributed by atoms with Crippen molar-refractivity contribution in [3.8, 4) is 28.0 Å². The number of hydrogen-bond donors (Lipinski definition) is 1. The largest absolute Gasteiger partial charge is 0.493 e. The normalized spacial score (nSPS) is 16.1. The minimum Gasteiger partial charge on any atom is -0.493 e. The molecule has 2 aromatic heterocycles. The Morgan fingerprint density at radius 2 is 1.74 bits per heavy atom. The van der Waals surface area contributed by atoms with Gasteiger partial charge in [0, 0.05) is 73.3 Å².